The predicted molar refractivity (Wildman–Crippen MR) is 96.3 cm³/mol. The summed E-state index contributed by atoms with van der Waals surface area (Å²) < 4.78 is 11.2. The predicted octanol–water partition coefficient (Wildman–Crippen LogP) is 4.23. The lowest BCUT2D eigenvalue weighted by Crippen LogP contribution is -2.13. The van der Waals surface area contributed by atoms with Gasteiger partial charge in [0.2, 0.25) is 5.89 Å². The summed E-state index contributed by atoms with van der Waals surface area (Å²) in [5.41, 5.74) is 8.40. The highest BCUT2D eigenvalue weighted by molar-refractivity contribution is 5.85. The second kappa shape index (κ2) is 8.52. The van der Waals surface area contributed by atoms with Gasteiger partial charge in [-0.05, 0) is 36.6 Å². The van der Waals surface area contributed by atoms with Gasteiger partial charge < -0.3 is 14.9 Å². The minimum Gasteiger partial charge on any atom is -0.489 e. The number of aromatic nitrogens is 1. The van der Waals surface area contributed by atoms with Crippen LogP contribution in [0.3, 0.4) is 0 Å². The van der Waals surface area contributed by atoms with E-state index in [1.807, 2.05) is 61.5 Å². The van der Waals surface area contributed by atoms with Gasteiger partial charge in [0.25, 0.3) is 0 Å². The van der Waals surface area contributed by atoms with Crippen LogP contribution in [-0.2, 0) is 13.0 Å². The number of hydrogen-bond acceptors (Lipinski definition) is 4. The SMILES string of the molecule is Cc1cnc(C(N)Cc2ccc(OCc3ccccc3)cc2)o1.Cl. The highest BCUT2D eigenvalue weighted by Gasteiger charge is 2.12. The van der Waals surface area contributed by atoms with Crippen LogP contribution < -0.4 is 10.5 Å². The van der Waals surface area contributed by atoms with Crippen LogP contribution in [-0.4, -0.2) is 4.98 Å². The van der Waals surface area contributed by atoms with Crippen molar-refractivity contribution in [2.45, 2.75) is 26.0 Å². The Hall–Kier alpha value is -2.30. The number of rotatable bonds is 6. The van der Waals surface area contributed by atoms with Crippen molar-refractivity contribution in [3.63, 3.8) is 0 Å². The molecule has 126 valence electrons. The highest BCUT2D eigenvalue weighted by Crippen LogP contribution is 2.19. The van der Waals surface area contributed by atoms with Crippen LogP contribution >= 0.6 is 12.4 Å². The summed E-state index contributed by atoms with van der Waals surface area (Å²) in [6.07, 6.45) is 2.37. The molecule has 2 aromatic carbocycles. The second-order valence-corrected chi connectivity index (χ2v) is 5.54. The molecule has 4 nitrogen and oxygen atoms in total. The van der Waals surface area contributed by atoms with Gasteiger partial charge in [0.1, 0.15) is 18.1 Å². The third kappa shape index (κ3) is 4.85. The molecular formula is C19H21ClN2O2. The quantitative estimate of drug-likeness (QED) is 0.727. The van der Waals surface area contributed by atoms with Gasteiger partial charge >= 0.3 is 0 Å². The average molecular weight is 345 g/mol. The molecule has 1 heterocycles. The Bertz CT molecular complexity index is 742. The number of ether oxygens (including phenoxy) is 1. The van der Waals surface area contributed by atoms with Crippen LogP contribution in [0.25, 0.3) is 0 Å². The van der Waals surface area contributed by atoms with Crippen molar-refractivity contribution in [1.82, 2.24) is 4.98 Å². The standard InChI is InChI=1S/C19H20N2O2.ClH/c1-14-12-21-19(23-14)18(20)11-15-7-9-17(10-8-15)22-13-16-5-3-2-4-6-16;/h2-10,12,18H,11,13,20H2,1H3;1H. The number of benzene rings is 2. The fourth-order valence-corrected chi connectivity index (χ4v) is 2.35. The Labute approximate surface area is 148 Å². The highest BCUT2D eigenvalue weighted by atomic mass is 35.5. The lowest BCUT2D eigenvalue weighted by molar-refractivity contribution is 0.306. The van der Waals surface area contributed by atoms with Gasteiger partial charge in [-0.2, -0.15) is 0 Å². The van der Waals surface area contributed by atoms with Gasteiger partial charge in [0.15, 0.2) is 0 Å². The normalized spacial score (nSPS) is 11.6. The first kappa shape index (κ1) is 18.0. The maximum Gasteiger partial charge on any atom is 0.211 e. The first-order valence-corrected chi connectivity index (χ1v) is 7.64. The number of aryl methyl sites for hydroxylation is 1. The Morgan fingerprint density at radius 3 is 2.38 bits per heavy atom. The zero-order valence-electron chi connectivity index (χ0n) is 13.5. The third-order valence-electron chi connectivity index (χ3n) is 3.58. The molecule has 0 radical (unpaired) electrons. The van der Waals surface area contributed by atoms with E-state index < -0.39 is 0 Å². The monoisotopic (exact) mass is 344 g/mol. The summed E-state index contributed by atoms with van der Waals surface area (Å²) >= 11 is 0. The van der Waals surface area contributed by atoms with Crippen molar-refractivity contribution in [3.8, 4) is 5.75 Å². The Balaban J connectivity index is 0.00000208. The molecule has 0 amide bonds. The number of halogens is 1. The first-order chi connectivity index (χ1) is 11.2. The van der Waals surface area contributed by atoms with Crippen LogP contribution in [0.2, 0.25) is 0 Å². The van der Waals surface area contributed by atoms with E-state index in [1.54, 1.807) is 6.20 Å². The van der Waals surface area contributed by atoms with Crippen molar-refractivity contribution in [3.05, 3.63) is 83.6 Å². The molecule has 1 atom stereocenters. The zero-order chi connectivity index (χ0) is 16.1. The van der Waals surface area contributed by atoms with Crippen molar-refractivity contribution in [1.29, 1.82) is 0 Å². The number of nitrogens with zero attached hydrogens (tertiary/aromatic N) is 1. The Morgan fingerprint density at radius 1 is 1.04 bits per heavy atom. The molecule has 0 aliphatic carbocycles. The molecule has 0 bridgehead atoms. The van der Waals surface area contributed by atoms with Crippen molar-refractivity contribution in [2.24, 2.45) is 5.73 Å². The van der Waals surface area contributed by atoms with Gasteiger partial charge in [0, 0.05) is 0 Å². The maximum absolute atomic E-state index is 6.13. The molecule has 3 rings (SSSR count). The largest absolute Gasteiger partial charge is 0.489 e. The van der Waals surface area contributed by atoms with E-state index in [0.29, 0.717) is 18.9 Å². The fraction of sp³-hybridized carbons (Fsp3) is 0.211. The van der Waals surface area contributed by atoms with Crippen LogP contribution in [0.4, 0.5) is 0 Å². The number of nitrogens with two attached hydrogens (primary N) is 1. The van der Waals surface area contributed by atoms with E-state index in [9.17, 15) is 0 Å². The Kier molecular flexibility index (Phi) is 6.41. The van der Waals surface area contributed by atoms with E-state index in [-0.39, 0.29) is 18.4 Å². The van der Waals surface area contributed by atoms with Crippen molar-refractivity contribution in [2.75, 3.05) is 0 Å². The van der Waals surface area contributed by atoms with Gasteiger partial charge in [0.05, 0.1) is 12.2 Å². The van der Waals surface area contributed by atoms with Gasteiger partial charge in [-0.15, -0.1) is 12.4 Å². The third-order valence-corrected chi connectivity index (χ3v) is 3.58. The number of oxazole rings is 1. The molecule has 0 spiro atoms. The summed E-state index contributed by atoms with van der Waals surface area (Å²) in [7, 11) is 0. The molecule has 0 fully saturated rings. The van der Waals surface area contributed by atoms with Gasteiger partial charge in [-0.25, -0.2) is 4.98 Å². The molecule has 0 saturated carbocycles. The molecule has 0 aliphatic heterocycles. The van der Waals surface area contributed by atoms with Crippen molar-refractivity contribution < 1.29 is 9.15 Å². The van der Waals surface area contributed by atoms with Crippen LogP contribution in [0, 0.1) is 6.92 Å². The molecule has 1 unspecified atom stereocenters. The second-order valence-electron chi connectivity index (χ2n) is 5.54. The minimum atomic E-state index is -0.236. The molecule has 0 aliphatic rings. The molecule has 1 aromatic heterocycles. The topological polar surface area (TPSA) is 61.3 Å². The zero-order valence-corrected chi connectivity index (χ0v) is 14.3. The molecule has 5 heteroatoms. The van der Waals surface area contributed by atoms with E-state index >= 15 is 0 Å². The molecule has 24 heavy (non-hydrogen) atoms. The molecule has 2 N–H and O–H groups in total. The van der Waals surface area contributed by atoms with Crippen molar-refractivity contribution >= 4 is 12.4 Å². The van der Waals surface area contributed by atoms with Crippen LogP contribution in [0.15, 0.2) is 65.2 Å². The average Bonchev–Trinajstić information content (AvgIpc) is 3.02. The Morgan fingerprint density at radius 2 is 1.75 bits per heavy atom. The lowest BCUT2D eigenvalue weighted by Gasteiger charge is -2.10. The molecule has 0 saturated heterocycles. The first-order valence-electron chi connectivity index (χ1n) is 7.64. The van der Waals surface area contributed by atoms with E-state index in [2.05, 4.69) is 4.98 Å². The van der Waals surface area contributed by atoms with Gasteiger partial charge in [-0.1, -0.05) is 42.5 Å². The molecular weight excluding hydrogens is 324 g/mol. The van der Waals surface area contributed by atoms with E-state index in [4.69, 9.17) is 14.9 Å². The van der Waals surface area contributed by atoms with E-state index in [1.165, 1.54) is 0 Å². The summed E-state index contributed by atoms with van der Waals surface area (Å²) in [4.78, 5) is 4.18. The summed E-state index contributed by atoms with van der Waals surface area (Å²) in [5.74, 6) is 2.20. The summed E-state index contributed by atoms with van der Waals surface area (Å²) in [6, 6.07) is 17.8. The van der Waals surface area contributed by atoms with Crippen LogP contribution in [0.5, 0.6) is 5.75 Å². The summed E-state index contributed by atoms with van der Waals surface area (Å²) in [5, 5.41) is 0. The van der Waals surface area contributed by atoms with Gasteiger partial charge in [-0.3, -0.25) is 0 Å². The fourth-order valence-electron chi connectivity index (χ4n) is 2.35. The van der Waals surface area contributed by atoms with E-state index in [0.717, 1.165) is 22.6 Å². The molecule has 3 aromatic rings. The summed E-state index contributed by atoms with van der Waals surface area (Å²) in [6.45, 7) is 2.43. The van der Waals surface area contributed by atoms with Crippen LogP contribution in [0.1, 0.15) is 28.8 Å². The lowest BCUT2D eigenvalue weighted by atomic mass is 10.1. The number of hydrogen-bond donors (Lipinski definition) is 1. The smallest absolute Gasteiger partial charge is 0.211 e. The minimum absolute atomic E-state index is 0. The maximum atomic E-state index is 6.13.